The molecule has 0 fully saturated rings. The number of para-hydroxylation sites is 1. The second kappa shape index (κ2) is 9.69. The fourth-order valence-electron chi connectivity index (χ4n) is 4.27. The van der Waals surface area contributed by atoms with Gasteiger partial charge in [0.2, 0.25) is 0 Å². The van der Waals surface area contributed by atoms with Crippen molar-refractivity contribution in [3.63, 3.8) is 0 Å². The number of allylic oxidation sites excluding steroid dienone is 1. The average molecular weight is 492 g/mol. The number of hydrogen-bond acceptors (Lipinski definition) is 5. The molecule has 6 nitrogen and oxygen atoms in total. The first-order valence-electron chi connectivity index (χ1n) is 11.2. The molecular weight excluding hydrogens is 473 g/mol. The van der Waals surface area contributed by atoms with Crippen LogP contribution in [0.5, 0.6) is 0 Å². The predicted octanol–water partition coefficient (Wildman–Crippen LogP) is 5.92. The molecule has 0 saturated heterocycles. The summed E-state index contributed by atoms with van der Waals surface area (Å²) in [5, 5.41) is 2.66. The molecule has 4 aromatic rings. The van der Waals surface area contributed by atoms with Crippen molar-refractivity contribution in [1.29, 1.82) is 0 Å². The Bertz CT molecular complexity index is 1510. The quantitative estimate of drug-likeness (QED) is 0.276. The van der Waals surface area contributed by atoms with Crippen LogP contribution in [0.15, 0.2) is 59.2 Å². The monoisotopic (exact) mass is 492 g/mol. The Labute approximate surface area is 203 Å². The van der Waals surface area contributed by atoms with E-state index < -0.39 is 41.6 Å². The van der Waals surface area contributed by atoms with Gasteiger partial charge in [0.1, 0.15) is 5.76 Å². The number of nitrogens with one attached hydrogen (secondary N) is 1. The lowest BCUT2D eigenvalue weighted by Gasteiger charge is -2.22. The minimum atomic E-state index is -1.71. The zero-order valence-corrected chi connectivity index (χ0v) is 18.8. The smallest absolute Gasteiger partial charge is 0.339 e. The summed E-state index contributed by atoms with van der Waals surface area (Å²) in [6.07, 6.45) is 5.56. The van der Waals surface area contributed by atoms with Gasteiger partial charge >= 0.3 is 5.97 Å². The molecule has 0 saturated carbocycles. The number of carbonyl (C=O) groups excluding carboxylic acids is 2. The summed E-state index contributed by atoms with van der Waals surface area (Å²) < 4.78 is 51.1. The van der Waals surface area contributed by atoms with Crippen molar-refractivity contribution in [2.45, 2.75) is 19.3 Å². The summed E-state index contributed by atoms with van der Waals surface area (Å²) in [5.74, 6) is -5.62. The van der Waals surface area contributed by atoms with Crippen LogP contribution < -0.4 is 5.32 Å². The van der Waals surface area contributed by atoms with Gasteiger partial charge in [0.05, 0.1) is 28.7 Å². The van der Waals surface area contributed by atoms with E-state index in [1.165, 1.54) is 0 Å². The molecule has 0 atom stereocenters. The molecule has 0 aliphatic heterocycles. The SMILES string of the molecule is O=C(COC(=O)c1c2c(nc3ccccc13)C(=Cc1ccco1)CCC2)Nc1ccc(F)c(F)c1F. The molecule has 2 aromatic heterocycles. The number of anilines is 1. The van der Waals surface area contributed by atoms with Crippen molar-refractivity contribution in [3.05, 3.63) is 94.8 Å². The highest BCUT2D eigenvalue weighted by atomic mass is 19.2. The molecule has 0 spiro atoms. The second-order valence-electron chi connectivity index (χ2n) is 8.22. The molecule has 1 amide bonds. The van der Waals surface area contributed by atoms with Crippen molar-refractivity contribution in [2.24, 2.45) is 0 Å². The van der Waals surface area contributed by atoms with Crippen molar-refractivity contribution in [1.82, 2.24) is 4.98 Å². The van der Waals surface area contributed by atoms with E-state index >= 15 is 0 Å². The number of esters is 1. The molecule has 182 valence electrons. The second-order valence-corrected chi connectivity index (χ2v) is 8.22. The van der Waals surface area contributed by atoms with E-state index in [9.17, 15) is 22.8 Å². The fraction of sp³-hybridized carbons (Fsp3) is 0.148. The molecule has 5 rings (SSSR count). The molecule has 2 aromatic carbocycles. The molecule has 1 N–H and O–H groups in total. The Morgan fingerprint density at radius 3 is 2.67 bits per heavy atom. The molecular formula is C27H19F3N2O4. The summed E-state index contributed by atoms with van der Waals surface area (Å²) in [7, 11) is 0. The maximum Gasteiger partial charge on any atom is 0.339 e. The van der Waals surface area contributed by atoms with Gasteiger partial charge in [-0.15, -0.1) is 0 Å². The lowest BCUT2D eigenvalue weighted by Crippen LogP contribution is -2.23. The average Bonchev–Trinajstić information content (AvgIpc) is 3.40. The number of aromatic nitrogens is 1. The molecule has 0 unspecified atom stereocenters. The highest BCUT2D eigenvalue weighted by Crippen LogP contribution is 2.36. The number of halogens is 3. The number of fused-ring (bicyclic) bond motifs is 2. The zero-order chi connectivity index (χ0) is 25.2. The van der Waals surface area contributed by atoms with Gasteiger partial charge < -0.3 is 14.5 Å². The Kier molecular flexibility index (Phi) is 6.28. The first kappa shape index (κ1) is 23.3. The Balaban J connectivity index is 1.44. The zero-order valence-electron chi connectivity index (χ0n) is 18.8. The summed E-state index contributed by atoms with van der Waals surface area (Å²) in [6.45, 7) is -0.752. The van der Waals surface area contributed by atoms with Crippen LogP contribution in [0.3, 0.4) is 0 Å². The minimum absolute atomic E-state index is 0.299. The van der Waals surface area contributed by atoms with E-state index in [1.807, 2.05) is 12.1 Å². The van der Waals surface area contributed by atoms with Gasteiger partial charge in [-0.25, -0.2) is 22.9 Å². The number of ether oxygens (including phenoxy) is 1. The number of carbonyl (C=O) groups is 2. The van der Waals surface area contributed by atoms with Gasteiger partial charge in [0.15, 0.2) is 24.1 Å². The lowest BCUT2D eigenvalue weighted by molar-refractivity contribution is -0.119. The summed E-state index contributed by atoms with van der Waals surface area (Å²) in [5.41, 5.74) is 2.61. The third-order valence-corrected chi connectivity index (χ3v) is 5.88. The summed E-state index contributed by atoms with van der Waals surface area (Å²) >= 11 is 0. The maximum absolute atomic E-state index is 13.9. The van der Waals surface area contributed by atoms with Crippen LogP contribution in [0.4, 0.5) is 18.9 Å². The summed E-state index contributed by atoms with van der Waals surface area (Å²) in [6, 6.07) is 12.3. The highest BCUT2D eigenvalue weighted by Gasteiger charge is 2.27. The molecule has 1 aliphatic carbocycles. The van der Waals surface area contributed by atoms with Crippen LogP contribution in [0, 0.1) is 17.5 Å². The molecule has 0 radical (unpaired) electrons. The summed E-state index contributed by atoms with van der Waals surface area (Å²) in [4.78, 5) is 30.3. The van der Waals surface area contributed by atoms with Gasteiger partial charge in [-0.05, 0) is 66.8 Å². The third-order valence-electron chi connectivity index (χ3n) is 5.88. The maximum atomic E-state index is 13.9. The van der Waals surface area contributed by atoms with Crippen LogP contribution >= 0.6 is 0 Å². The van der Waals surface area contributed by atoms with E-state index in [-0.39, 0.29) is 0 Å². The molecule has 36 heavy (non-hydrogen) atoms. The number of amides is 1. The Hall–Kier alpha value is -4.40. The van der Waals surface area contributed by atoms with Crippen LogP contribution in [-0.4, -0.2) is 23.5 Å². The highest BCUT2D eigenvalue weighted by molar-refractivity contribution is 6.07. The first-order chi connectivity index (χ1) is 17.4. The molecule has 9 heteroatoms. The fourth-order valence-corrected chi connectivity index (χ4v) is 4.27. The van der Waals surface area contributed by atoms with E-state index in [0.717, 1.165) is 24.5 Å². The van der Waals surface area contributed by atoms with Crippen LogP contribution in [0.25, 0.3) is 22.6 Å². The van der Waals surface area contributed by atoms with Gasteiger partial charge in [-0.1, -0.05) is 18.2 Å². The number of rotatable bonds is 5. The molecule has 2 heterocycles. The van der Waals surface area contributed by atoms with Crippen molar-refractivity contribution < 1.29 is 31.9 Å². The standard InChI is InChI=1S/C27H19F3N2O4/c28-19-10-11-21(25(30)24(19)29)31-22(33)14-36-27(34)23-17-7-1-2-9-20(17)32-26-15(5-3-8-18(23)26)13-16-6-4-12-35-16/h1-2,4,6-7,9-13H,3,5,8,14H2,(H,31,33). The van der Waals surface area contributed by atoms with Crippen LogP contribution in [0.1, 0.15) is 40.2 Å². The minimum Gasteiger partial charge on any atom is -0.465 e. The van der Waals surface area contributed by atoms with Crippen molar-refractivity contribution in [2.75, 3.05) is 11.9 Å². The predicted molar refractivity (Wildman–Crippen MR) is 126 cm³/mol. The number of hydrogen-bond donors (Lipinski definition) is 1. The van der Waals surface area contributed by atoms with E-state index in [2.05, 4.69) is 5.32 Å². The number of nitrogens with zero attached hydrogens (tertiary/aromatic N) is 1. The van der Waals surface area contributed by atoms with Crippen molar-refractivity contribution >= 4 is 40.1 Å². The topological polar surface area (TPSA) is 81.4 Å². The molecule has 1 aliphatic rings. The van der Waals surface area contributed by atoms with Crippen LogP contribution in [-0.2, 0) is 16.0 Å². The van der Waals surface area contributed by atoms with E-state index in [0.29, 0.717) is 46.0 Å². The van der Waals surface area contributed by atoms with E-state index in [1.54, 1.807) is 36.6 Å². The normalized spacial score (nSPS) is 14.0. The lowest BCUT2D eigenvalue weighted by atomic mass is 9.86. The largest absolute Gasteiger partial charge is 0.465 e. The molecule has 0 bridgehead atoms. The number of benzene rings is 2. The first-order valence-corrected chi connectivity index (χ1v) is 11.2. The van der Waals surface area contributed by atoms with Gasteiger partial charge in [0.25, 0.3) is 5.91 Å². The van der Waals surface area contributed by atoms with Crippen LogP contribution in [0.2, 0.25) is 0 Å². The number of pyridine rings is 1. The van der Waals surface area contributed by atoms with Gasteiger partial charge in [0, 0.05) is 5.39 Å². The van der Waals surface area contributed by atoms with E-state index in [4.69, 9.17) is 14.1 Å². The Morgan fingerprint density at radius 2 is 1.86 bits per heavy atom. The number of furan rings is 1. The van der Waals surface area contributed by atoms with Gasteiger partial charge in [-0.2, -0.15) is 0 Å². The Morgan fingerprint density at radius 1 is 1.03 bits per heavy atom. The van der Waals surface area contributed by atoms with Crippen molar-refractivity contribution in [3.8, 4) is 0 Å². The van der Waals surface area contributed by atoms with Gasteiger partial charge in [-0.3, -0.25) is 4.79 Å². The third kappa shape index (κ3) is 4.47.